The molecule has 1 amide bonds. The highest BCUT2D eigenvalue weighted by molar-refractivity contribution is 5.78. The molecule has 0 unspecified atom stereocenters. The molecule has 0 fully saturated rings. The Kier molecular flexibility index (Phi) is 4.79. The lowest BCUT2D eigenvalue weighted by molar-refractivity contribution is -0.133. The van der Waals surface area contributed by atoms with Gasteiger partial charge >= 0.3 is 0 Å². The van der Waals surface area contributed by atoms with Gasteiger partial charge in [0.1, 0.15) is 5.76 Å². The molecule has 0 bridgehead atoms. The number of aromatic nitrogens is 3. The second kappa shape index (κ2) is 7.53. The highest BCUT2D eigenvalue weighted by Crippen LogP contribution is 2.16. The highest BCUT2D eigenvalue weighted by atomic mass is 16.5. The van der Waals surface area contributed by atoms with Crippen molar-refractivity contribution in [1.29, 1.82) is 0 Å². The summed E-state index contributed by atoms with van der Waals surface area (Å²) in [4.78, 5) is 18.7. The molecule has 7 nitrogen and oxygen atoms in total. The minimum absolute atomic E-state index is 0.0181. The van der Waals surface area contributed by atoms with Crippen LogP contribution in [-0.2, 0) is 35.6 Å². The molecule has 0 saturated heterocycles. The van der Waals surface area contributed by atoms with Crippen molar-refractivity contribution in [3.05, 3.63) is 72.2 Å². The Morgan fingerprint density at radius 1 is 1.23 bits per heavy atom. The quantitative estimate of drug-likeness (QED) is 0.703. The summed E-state index contributed by atoms with van der Waals surface area (Å²) >= 11 is 0. The van der Waals surface area contributed by atoms with E-state index in [0.29, 0.717) is 32.0 Å². The largest absolute Gasteiger partial charge is 0.469 e. The summed E-state index contributed by atoms with van der Waals surface area (Å²) in [6.07, 6.45) is 6.97. The van der Waals surface area contributed by atoms with E-state index >= 15 is 0 Å². The fourth-order valence-corrected chi connectivity index (χ4v) is 3.08. The summed E-state index contributed by atoms with van der Waals surface area (Å²) in [5, 5.41) is 4.36. The molecule has 0 N–H and O–H groups in total. The molecule has 3 aromatic rings. The summed E-state index contributed by atoms with van der Waals surface area (Å²) < 4.78 is 13.3. The van der Waals surface area contributed by atoms with Crippen molar-refractivity contribution in [2.24, 2.45) is 0 Å². The van der Waals surface area contributed by atoms with Gasteiger partial charge in [-0.25, -0.2) is 0 Å². The number of nitrogens with zero attached hydrogens (tertiary/aromatic N) is 4. The van der Waals surface area contributed by atoms with Crippen LogP contribution in [0.1, 0.15) is 17.0 Å². The average molecular weight is 352 g/mol. The highest BCUT2D eigenvalue weighted by Gasteiger charge is 2.26. The van der Waals surface area contributed by atoms with Crippen LogP contribution in [0.4, 0.5) is 0 Å². The molecule has 0 radical (unpaired) electrons. The van der Waals surface area contributed by atoms with Crippen LogP contribution < -0.4 is 0 Å². The monoisotopic (exact) mass is 352 g/mol. The average Bonchev–Trinajstić information content (AvgIpc) is 3.29. The van der Waals surface area contributed by atoms with Gasteiger partial charge in [0.25, 0.3) is 0 Å². The van der Waals surface area contributed by atoms with E-state index in [0.717, 1.165) is 11.3 Å². The van der Waals surface area contributed by atoms with E-state index in [4.69, 9.17) is 9.15 Å². The number of rotatable bonds is 5. The van der Waals surface area contributed by atoms with Crippen molar-refractivity contribution in [3.63, 3.8) is 0 Å². The van der Waals surface area contributed by atoms with E-state index in [1.807, 2.05) is 33.8 Å². The lowest BCUT2D eigenvalue weighted by Crippen LogP contribution is -2.38. The Balaban J connectivity index is 1.47. The molecular formula is C19H20N4O3. The predicted molar refractivity (Wildman–Crippen MR) is 92.9 cm³/mol. The van der Waals surface area contributed by atoms with Crippen LogP contribution in [0.25, 0.3) is 0 Å². The van der Waals surface area contributed by atoms with Gasteiger partial charge < -0.3 is 14.1 Å². The molecule has 0 aromatic carbocycles. The first-order chi connectivity index (χ1) is 12.8. The summed E-state index contributed by atoms with van der Waals surface area (Å²) in [5.74, 6) is 0.685. The van der Waals surface area contributed by atoms with E-state index in [2.05, 4.69) is 10.1 Å². The number of carbonyl (C=O) groups excluding carboxylic acids is 1. The maximum absolute atomic E-state index is 12.7. The number of hydrogen-bond acceptors (Lipinski definition) is 5. The van der Waals surface area contributed by atoms with Crippen LogP contribution in [0, 0.1) is 0 Å². The van der Waals surface area contributed by atoms with Gasteiger partial charge in [0.05, 0.1) is 44.2 Å². The Morgan fingerprint density at radius 3 is 3.00 bits per heavy atom. The summed E-state index contributed by atoms with van der Waals surface area (Å²) in [6.45, 7) is 2.11. The second-order valence-corrected chi connectivity index (χ2v) is 6.33. The zero-order valence-electron chi connectivity index (χ0n) is 14.3. The van der Waals surface area contributed by atoms with Crippen LogP contribution >= 0.6 is 0 Å². The number of hydrogen-bond donors (Lipinski definition) is 0. The van der Waals surface area contributed by atoms with Crippen LogP contribution in [0.5, 0.6) is 0 Å². The smallest absolute Gasteiger partial charge is 0.230 e. The molecule has 134 valence electrons. The molecule has 3 aromatic heterocycles. The van der Waals surface area contributed by atoms with Crippen molar-refractivity contribution in [3.8, 4) is 0 Å². The van der Waals surface area contributed by atoms with E-state index in [1.54, 1.807) is 30.9 Å². The molecule has 4 heterocycles. The third-order valence-corrected chi connectivity index (χ3v) is 4.42. The van der Waals surface area contributed by atoms with Crippen molar-refractivity contribution in [2.75, 3.05) is 6.54 Å². The zero-order valence-corrected chi connectivity index (χ0v) is 14.3. The van der Waals surface area contributed by atoms with Crippen LogP contribution in [0.3, 0.4) is 0 Å². The number of fused-ring (bicyclic) bond motifs is 1. The van der Waals surface area contributed by atoms with E-state index in [1.165, 1.54) is 0 Å². The molecule has 4 rings (SSSR count). The Bertz CT molecular complexity index is 845. The third kappa shape index (κ3) is 3.83. The van der Waals surface area contributed by atoms with Crippen molar-refractivity contribution in [2.45, 2.75) is 32.2 Å². The Hall–Kier alpha value is -2.93. The molecule has 1 atom stereocenters. The van der Waals surface area contributed by atoms with Crippen molar-refractivity contribution < 1.29 is 13.9 Å². The normalized spacial score (nSPS) is 16.9. The fourth-order valence-electron chi connectivity index (χ4n) is 3.08. The predicted octanol–water partition coefficient (Wildman–Crippen LogP) is 2.04. The Morgan fingerprint density at radius 2 is 2.19 bits per heavy atom. The first-order valence-corrected chi connectivity index (χ1v) is 8.59. The molecule has 0 spiro atoms. The van der Waals surface area contributed by atoms with E-state index < -0.39 is 0 Å². The van der Waals surface area contributed by atoms with E-state index in [-0.39, 0.29) is 18.4 Å². The van der Waals surface area contributed by atoms with Gasteiger partial charge in [-0.3, -0.25) is 14.5 Å². The topological polar surface area (TPSA) is 73.4 Å². The lowest BCUT2D eigenvalue weighted by Gasteiger charge is -2.24. The molecule has 7 heteroatoms. The lowest BCUT2D eigenvalue weighted by atomic mass is 10.2. The standard InChI is InChI=1S/C19H20N4O3/c24-19(9-17-4-2-8-25-17)22-11-16-5-7-21-23(16)13-18(12-22)26-14-15-3-1-6-20-10-15/h1-8,10,18H,9,11-14H2/t18-/m1/s1. The van der Waals surface area contributed by atoms with Gasteiger partial charge in [-0.1, -0.05) is 6.07 Å². The first kappa shape index (κ1) is 16.5. The summed E-state index contributed by atoms with van der Waals surface area (Å²) in [7, 11) is 0. The van der Waals surface area contributed by atoms with Crippen LogP contribution in [-0.4, -0.2) is 38.2 Å². The number of amides is 1. The summed E-state index contributed by atoms with van der Waals surface area (Å²) in [6, 6.07) is 9.41. The van der Waals surface area contributed by atoms with Crippen LogP contribution in [0.15, 0.2) is 59.6 Å². The molecule has 1 aliphatic rings. The number of pyridine rings is 1. The fraction of sp³-hybridized carbons (Fsp3) is 0.316. The molecular weight excluding hydrogens is 332 g/mol. The molecule has 0 aliphatic carbocycles. The number of furan rings is 1. The van der Waals surface area contributed by atoms with Gasteiger partial charge in [0.15, 0.2) is 0 Å². The minimum atomic E-state index is -0.142. The van der Waals surface area contributed by atoms with E-state index in [9.17, 15) is 4.79 Å². The zero-order chi connectivity index (χ0) is 17.8. The van der Waals surface area contributed by atoms with Gasteiger partial charge in [-0.15, -0.1) is 0 Å². The van der Waals surface area contributed by atoms with Crippen molar-refractivity contribution >= 4 is 5.91 Å². The number of ether oxygens (including phenoxy) is 1. The maximum Gasteiger partial charge on any atom is 0.230 e. The minimum Gasteiger partial charge on any atom is -0.469 e. The molecule has 0 saturated carbocycles. The second-order valence-electron chi connectivity index (χ2n) is 6.33. The summed E-state index contributed by atoms with van der Waals surface area (Å²) in [5.41, 5.74) is 2.01. The van der Waals surface area contributed by atoms with Gasteiger partial charge in [0.2, 0.25) is 5.91 Å². The third-order valence-electron chi connectivity index (χ3n) is 4.42. The van der Waals surface area contributed by atoms with Gasteiger partial charge in [-0.2, -0.15) is 5.10 Å². The first-order valence-electron chi connectivity index (χ1n) is 8.59. The molecule has 1 aliphatic heterocycles. The maximum atomic E-state index is 12.7. The SMILES string of the molecule is O=C(Cc1ccco1)N1Cc2ccnn2C[C@H](OCc2cccnc2)C1. The molecule has 26 heavy (non-hydrogen) atoms. The van der Waals surface area contributed by atoms with Crippen molar-refractivity contribution in [1.82, 2.24) is 19.7 Å². The van der Waals surface area contributed by atoms with Gasteiger partial charge in [0, 0.05) is 25.1 Å². The van der Waals surface area contributed by atoms with Gasteiger partial charge in [-0.05, 0) is 29.8 Å². The van der Waals surface area contributed by atoms with Crippen LogP contribution in [0.2, 0.25) is 0 Å². The number of carbonyl (C=O) groups is 1. The Labute approximate surface area is 151 Å².